The number of carbonyl (C=O) groups excluding carboxylic acids is 1. The number of nitrogens with one attached hydrogen (secondary N) is 1. The molecule has 1 aromatic carbocycles. The third-order valence-electron chi connectivity index (χ3n) is 4.21. The van der Waals surface area contributed by atoms with E-state index in [1.807, 2.05) is 13.8 Å². The molecule has 0 saturated carbocycles. The van der Waals surface area contributed by atoms with Gasteiger partial charge in [-0.15, -0.1) is 0 Å². The predicted octanol–water partition coefficient (Wildman–Crippen LogP) is 2.76. The van der Waals surface area contributed by atoms with Gasteiger partial charge in [-0.25, -0.2) is 8.42 Å². The highest BCUT2D eigenvalue weighted by molar-refractivity contribution is 9.10. The third-order valence-corrected chi connectivity index (χ3v) is 6.62. The number of hydrogen-bond donors (Lipinski definition) is 1. The van der Waals surface area contributed by atoms with E-state index in [1.165, 1.54) is 4.31 Å². The molecule has 1 saturated heterocycles. The average molecular weight is 403 g/mol. The number of nitrogens with zero attached hydrogens (tertiary/aromatic N) is 1. The summed E-state index contributed by atoms with van der Waals surface area (Å²) in [5.74, 6) is -0.321. The van der Waals surface area contributed by atoms with Gasteiger partial charge in [0.15, 0.2) is 0 Å². The van der Waals surface area contributed by atoms with Crippen LogP contribution in [0.5, 0.6) is 0 Å². The van der Waals surface area contributed by atoms with Crippen LogP contribution in [0.15, 0.2) is 33.6 Å². The lowest BCUT2D eigenvalue weighted by Gasteiger charge is -2.31. The molecule has 0 aliphatic carbocycles. The van der Waals surface area contributed by atoms with Crippen LogP contribution in [0, 0.1) is 5.92 Å². The smallest absolute Gasteiger partial charge is 0.243 e. The van der Waals surface area contributed by atoms with Gasteiger partial charge in [-0.1, -0.05) is 22.9 Å². The van der Waals surface area contributed by atoms with Crippen LogP contribution in [0.3, 0.4) is 0 Å². The monoisotopic (exact) mass is 402 g/mol. The summed E-state index contributed by atoms with van der Waals surface area (Å²) in [5, 5.41) is 2.95. The van der Waals surface area contributed by atoms with Crippen molar-refractivity contribution < 1.29 is 13.2 Å². The van der Waals surface area contributed by atoms with E-state index in [2.05, 4.69) is 21.2 Å². The van der Waals surface area contributed by atoms with Crippen LogP contribution < -0.4 is 5.32 Å². The quantitative estimate of drug-likeness (QED) is 0.822. The third kappa shape index (κ3) is 4.55. The Morgan fingerprint density at radius 3 is 2.65 bits per heavy atom. The summed E-state index contributed by atoms with van der Waals surface area (Å²) < 4.78 is 27.7. The summed E-state index contributed by atoms with van der Waals surface area (Å²) in [6.07, 6.45) is 2.29. The second-order valence-electron chi connectivity index (χ2n) is 5.97. The number of rotatable bonds is 5. The Morgan fingerprint density at radius 1 is 1.39 bits per heavy atom. The second kappa shape index (κ2) is 7.77. The lowest BCUT2D eigenvalue weighted by molar-refractivity contribution is -0.126. The van der Waals surface area contributed by atoms with Crippen LogP contribution >= 0.6 is 15.9 Å². The molecular formula is C16H23BrN2O3S. The maximum atomic E-state index is 12.7. The van der Waals surface area contributed by atoms with E-state index in [-0.39, 0.29) is 29.3 Å². The lowest BCUT2D eigenvalue weighted by Crippen LogP contribution is -2.46. The topological polar surface area (TPSA) is 66.5 Å². The normalized spacial score (nSPS) is 20.9. The van der Waals surface area contributed by atoms with Crippen molar-refractivity contribution in [2.24, 2.45) is 5.92 Å². The molecule has 0 bridgehead atoms. The molecule has 0 radical (unpaired) electrons. The van der Waals surface area contributed by atoms with E-state index in [1.54, 1.807) is 24.3 Å². The summed E-state index contributed by atoms with van der Waals surface area (Å²) in [6.45, 7) is 4.68. The molecule has 1 aromatic rings. The average Bonchev–Trinajstić information content (AvgIpc) is 2.55. The molecule has 0 aromatic heterocycles. The van der Waals surface area contributed by atoms with Crippen molar-refractivity contribution in [1.82, 2.24) is 9.62 Å². The summed E-state index contributed by atoms with van der Waals surface area (Å²) in [5.41, 5.74) is 0. The van der Waals surface area contributed by atoms with Crippen molar-refractivity contribution in [2.75, 3.05) is 13.1 Å². The minimum absolute atomic E-state index is 0.0462. The first-order valence-electron chi connectivity index (χ1n) is 7.90. The Morgan fingerprint density at radius 2 is 2.04 bits per heavy atom. The van der Waals surface area contributed by atoms with Gasteiger partial charge < -0.3 is 5.32 Å². The number of sulfonamides is 1. The zero-order valence-corrected chi connectivity index (χ0v) is 15.9. The van der Waals surface area contributed by atoms with E-state index in [0.29, 0.717) is 13.0 Å². The van der Waals surface area contributed by atoms with Gasteiger partial charge in [0.2, 0.25) is 15.9 Å². The van der Waals surface area contributed by atoms with Gasteiger partial charge in [0.05, 0.1) is 10.8 Å². The molecule has 1 heterocycles. The Labute approximate surface area is 146 Å². The number of carbonyl (C=O) groups is 1. The highest BCUT2D eigenvalue weighted by Gasteiger charge is 2.33. The SMILES string of the molecule is CC[C@@H](C)NC(=O)[C@H]1CCCN(S(=O)(=O)c2ccc(Br)cc2)C1. The fourth-order valence-corrected chi connectivity index (χ4v) is 4.38. The van der Waals surface area contributed by atoms with Crippen molar-refractivity contribution in [3.63, 3.8) is 0 Å². The second-order valence-corrected chi connectivity index (χ2v) is 8.83. The molecular weight excluding hydrogens is 380 g/mol. The first kappa shape index (κ1) is 18.4. The Bertz CT molecular complexity index is 646. The highest BCUT2D eigenvalue weighted by atomic mass is 79.9. The number of hydrogen-bond acceptors (Lipinski definition) is 3. The first-order chi connectivity index (χ1) is 10.8. The van der Waals surface area contributed by atoms with E-state index < -0.39 is 10.0 Å². The van der Waals surface area contributed by atoms with Crippen LogP contribution in [0.1, 0.15) is 33.1 Å². The molecule has 2 atom stereocenters. The lowest BCUT2D eigenvalue weighted by atomic mass is 9.98. The van der Waals surface area contributed by atoms with E-state index in [4.69, 9.17) is 0 Å². The molecule has 128 valence electrons. The van der Waals surface area contributed by atoms with Gasteiger partial charge in [-0.3, -0.25) is 4.79 Å². The van der Waals surface area contributed by atoms with Gasteiger partial charge in [-0.05, 0) is 50.5 Å². The maximum Gasteiger partial charge on any atom is 0.243 e. The number of benzene rings is 1. The molecule has 1 amide bonds. The zero-order chi connectivity index (χ0) is 17.0. The maximum absolute atomic E-state index is 12.7. The van der Waals surface area contributed by atoms with E-state index in [9.17, 15) is 13.2 Å². The van der Waals surface area contributed by atoms with Gasteiger partial charge >= 0.3 is 0 Å². The van der Waals surface area contributed by atoms with Gasteiger partial charge in [-0.2, -0.15) is 4.31 Å². The standard InChI is InChI=1S/C16H23BrN2O3S/c1-3-12(2)18-16(20)13-5-4-10-19(11-13)23(21,22)15-8-6-14(17)7-9-15/h6-9,12-13H,3-5,10-11H2,1-2H3,(H,18,20)/t12-,13+/m1/s1. The summed E-state index contributed by atoms with van der Waals surface area (Å²) in [7, 11) is -3.55. The van der Waals surface area contributed by atoms with Crippen LogP contribution in [-0.4, -0.2) is 37.8 Å². The molecule has 1 aliphatic rings. The molecule has 2 rings (SSSR count). The summed E-state index contributed by atoms with van der Waals surface area (Å²) in [6, 6.07) is 6.71. The van der Waals surface area contributed by atoms with Crippen molar-refractivity contribution in [2.45, 2.75) is 44.0 Å². The van der Waals surface area contributed by atoms with E-state index >= 15 is 0 Å². The summed E-state index contributed by atoms with van der Waals surface area (Å²) in [4.78, 5) is 12.5. The molecule has 0 spiro atoms. The van der Waals surface area contributed by atoms with Crippen molar-refractivity contribution >= 4 is 31.9 Å². The van der Waals surface area contributed by atoms with Crippen molar-refractivity contribution in [3.8, 4) is 0 Å². The fourth-order valence-electron chi connectivity index (χ4n) is 2.59. The molecule has 0 unspecified atom stereocenters. The Kier molecular flexibility index (Phi) is 6.22. The number of amides is 1. The van der Waals surface area contributed by atoms with E-state index in [0.717, 1.165) is 17.3 Å². The molecule has 1 N–H and O–H groups in total. The van der Waals surface area contributed by atoms with Gasteiger partial charge in [0.25, 0.3) is 0 Å². The number of halogens is 1. The highest BCUT2D eigenvalue weighted by Crippen LogP contribution is 2.25. The summed E-state index contributed by atoms with van der Waals surface area (Å²) >= 11 is 3.31. The molecule has 1 aliphatic heterocycles. The van der Waals surface area contributed by atoms with Crippen LogP contribution in [0.2, 0.25) is 0 Å². The molecule has 23 heavy (non-hydrogen) atoms. The minimum atomic E-state index is -3.55. The molecule has 5 nitrogen and oxygen atoms in total. The van der Waals surface area contributed by atoms with Crippen LogP contribution in [-0.2, 0) is 14.8 Å². The van der Waals surface area contributed by atoms with Crippen molar-refractivity contribution in [1.29, 1.82) is 0 Å². The zero-order valence-electron chi connectivity index (χ0n) is 13.5. The van der Waals surface area contributed by atoms with Crippen LogP contribution in [0.25, 0.3) is 0 Å². The fraction of sp³-hybridized carbons (Fsp3) is 0.562. The molecule has 7 heteroatoms. The minimum Gasteiger partial charge on any atom is -0.353 e. The van der Waals surface area contributed by atoms with Crippen molar-refractivity contribution in [3.05, 3.63) is 28.7 Å². The van der Waals surface area contributed by atoms with Gasteiger partial charge in [0.1, 0.15) is 0 Å². The first-order valence-corrected chi connectivity index (χ1v) is 10.1. The predicted molar refractivity (Wildman–Crippen MR) is 93.5 cm³/mol. The molecule has 1 fully saturated rings. The van der Waals surface area contributed by atoms with Gasteiger partial charge in [0, 0.05) is 23.6 Å². The number of piperidine rings is 1. The largest absolute Gasteiger partial charge is 0.353 e. The Balaban J connectivity index is 2.11. The van der Waals surface area contributed by atoms with Crippen LogP contribution in [0.4, 0.5) is 0 Å². The Hall–Kier alpha value is -0.920.